The smallest absolute Gasteiger partial charge is 0.331 e. The zero-order valence-electron chi connectivity index (χ0n) is 24.1. The Labute approximate surface area is 223 Å². The van der Waals surface area contributed by atoms with E-state index in [1.807, 2.05) is 0 Å². The van der Waals surface area contributed by atoms with Gasteiger partial charge in [0.1, 0.15) is 0 Å². The molecule has 0 unspecified atom stereocenters. The first kappa shape index (κ1) is 34.2. The molecule has 0 saturated heterocycles. The highest BCUT2D eigenvalue weighted by molar-refractivity contribution is 5.91. The molecule has 208 valence electrons. The largest absolute Gasteiger partial charge is 0.463 e. The quantitative estimate of drug-likeness (QED) is 0.0568. The zero-order valence-corrected chi connectivity index (χ0v) is 24.1. The second-order valence-electron chi connectivity index (χ2n) is 10.5. The number of carbonyl (C=O) groups is 2. The van der Waals surface area contributed by atoms with Crippen molar-refractivity contribution in [1.29, 1.82) is 0 Å². The maximum absolute atomic E-state index is 11.7. The van der Waals surface area contributed by atoms with Gasteiger partial charge in [-0.1, -0.05) is 100 Å². The van der Waals surface area contributed by atoms with E-state index in [1.165, 1.54) is 113 Å². The van der Waals surface area contributed by atoms with Crippen LogP contribution in [0.3, 0.4) is 0 Å². The molecule has 0 spiro atoms. The molecule has 0 rings (SSSR count). The molecular weight excluding hydrogens is 448 g/mol. The number of hydrogen-bond acceptors (Lipinski definition) is 4. The van der Waals surface area contributed by atoms with E-state index in [0.29, 0.717) is 13.2 Å². The van der Waals surface area contributed by atoms with Gasteiger partial charge in [0, 0.05) is 12.2 Å². The number of unbranched alkanes of at least 4 members (excludes halogenated alkanes) is 16. The first-order valence-electron chi connectivity index (χ1n) is 14.7. The first-order valence-corrected chi connectivity index (χ1v) is 14.7. The maximum Gasteiger partial charge on any atom is 0.331 e. The summed E-state index contributed by atoms with van der Waals surface area (Å²) >= 11 is 0. The van der Waals surface area contributed by atoms with Crippen LogP contribution in [0.25, 0.3) is 0 Å². The van der Waals surface area contributed by atoms with Crippen LogP contribution in [0.15, 0.2) is 35.5 Å². The monoisotopic (exact) mass is 504 g/mol. The molecule has 0 radical (unpaired) electrons. The van der Waals surface area contributed by atoms with E-state index in [1.54, 1.807) is 0 Å². The Bertz CT molecular complexity index is 568. The molecule has 0 aliphatic carbocycles. The maximum atomic E-state index is 11.7. The second-order valence-corrected chi connectivity index (χ2v) is 10.5. The predicted molar refractivity (Wildman–Crippen MR) is 153 cm³/mol. The van der Waals surface area contributed by atoms with Crippen LogP contribution in [-0.4, -0.2) is 25.2 Å². The molecule has 0 amide bonds. The van der Waals surface area contributed by atoms with E-state index in [0.717, 1.165) is 25.7 Å². The summed E-state index contributed by atoms with van der Waals surface area (Å²) in [6.07, 6.45) is 28.6. The van der Waals surface area contributed by atoms with E-state index >= 15 is 0 Å². The van der Waals surface area contributed by atoms with Crippen LogP contribution in [0.4, 0.5) is 0 Å². The van der Waals surface area contributed by atoms with Gasteiger partial charge in [-0.15, -0.1) is 0 Å². The van der Waals surface area contributed by atoms with Crippen LogP contribution in [0, 0.1) is 0 Å². The number of rotatable bonds is 24. The Morgan fingerprint density at radius 1 is 0.444 bits per heavy atom. The Morgan fingerprint density at radius 2 is 0.722 bits per heavy atom. The van der Waals surface area contributed by atoms with Crippen molar-refractivity contribution in [3.05, 3.63) is 35.5 Å². The van der Waals surface area contributed by atoms with Gasteiger partial charge >= 0.3 is 11.9 Å². The Morgan fingerprint density at radius 3 is 1.03 bits per heavy atom. The van der Waals surface area contributed by atoms with Gasteiger partial charge in [0.2, 0.25) is 0 Å². The van der Waals surface area contributed by atoms with Gasteiger partial charge in [-0.25, -0.2) is 9.59 Å². The molecule has 0 fully saturated rings. The van der Waals surface area contributed by atoms with Gasteiger partial charge in [0.05, 0.1) is 13.2 Å². The fourth-order valence-corrected chi connectivity index (χ4v) is 3.97. The van der Waals surface area contributed by atoms with E-state index in [4.69, 9.17) is 9.47 Å². The molecule has 0 aromatic rings. The van der Waals surface area contributed by atoms with Crippen molar-refractivity contribution in [3.63, 3.8) is 0 Å². The summed E-state index contributed by atoms with van der Waals surface area (Å²) < 4.78 is 10.3. The second kappa shape index (κ2) is 26.2. The molecule has 0 aromatic heterocycles. The molecular formula is C32H56O4. The van der Waals surface area contributed by atoms with E-state index in [-0.39, 0.29) is 0 Å². The molecule has 0 aliphatic rings. The molecule has 36 heavy (non-hydrogen) atoms. The van der Waals surface area contributed by atoms with Gasteiger partial charge in [0.25, 0.3) is 0 Å². The van der Waals surface area contributed by atoms with Gasteiger partial charge in [-0.3, -0.25) is 0 Å². The van der Waals surface area contributed by atoms with E-state index in [2.05, 4.69) is 39.8 Å². The van der Waals surface area contributed by atoms with Gasteiger partial charge < -0.3 is 9.47 Å². The van der Waals surface area contributed by atoms with Gasteiger partial charge in [-0.2, -0.15) is 0 Å². The molecule has 0 atom stereocenters. The van der Waals surface area contributed by atoms with Crippen molar-refractivity contribution in [2.24, 2.45) is 0 Å². The van der Waals surface area contributed by atoms with E-state index < -0.39 is 11.9 Å². The third-order valence-electron chi connectivity index (χ3n) is 6.15. The number of allylic oxidation sites excluding steroid dienone is 4. The number of esters is 2. The van der Waals surface area contributed by atoms with Crippen molar-refractivity contribution in [1.82, 2.24) is 0 Å². The Hall–Kier alpha value is -1.84. The normalized spacial score (nSPS) is 10.9. The van der Waals surface area contributed by atoms with Crippen molar-refractivity contribution in [3.8, 4) is 0 Å². The highest BCUT2D eigenvalue weighted by Gasteiger charge is 2.02. The third-order valence-corrected chi connectivity index (χ3v) is 6.15. The highest BCUT2D eigenvalue weighted by Crippen LogP contribution is 2.12. The van der Waals surface area contributed by atoms with Crippen molar-refractivity contribution >= 4 is 11.9 Å². The standard InChI is InChI=1S/C32H56O4/c1-29(2)23-19-15-11-7-5-9-13-17-21-27-35-31(33)25-26-32(34)36-28-22-18-14-10-6-8-12-16-20-24-30(3)4/h23-26H,5-22,27-28H2,1-4H3/b26-25+. The summed E-state index contributed by atoms with van der Waals surface area (Å²) in [6.45, 7) is 9.44. The zero-order chi connectivity index (χ0) is 26.7. The van der Waals surface area contributed by atoms with Crippen LogP contribution in [-0.2, 0) is 19.1 Å². The predicted octanol–water partition coefficient (Wildman–Crippen LogP) is 9.58. The highest BCUT2D eigenvalue weighted by atomic mass is 16.5. The van der Waals surface area contributed by atoms with Gasteiger partial charge in [-0.05, 0) is 66.2 Å². The van der Waals surface area contributed by atoms with Crippen molar-refractivity contribution in [2.75, 3.05) is 13.2 Å². The van der Waals surface area contributed by atoms with Crippen LogP contribution < -0.4 is 0 Å². The van der Waals surface area contributed by atoms with Crippen LogP contribution in [0.5, 0.6) is 0 Å². The fraction of sp³-hybridized carbons (Fsp3) is 0.750. The van der Waals surface area contributed by atoms with Crippen molar-refractivity contribution in [2.45, 2.75) is 143 Å². The number of carbonyl (C=O) groups excluding carboxylic acids is 2. The Kier molecular flexibility index (Phi) is 24.9. The topological polar surface area (TPSA) is 52.6 Å². The molecule has 0 N–H and O–H groups in total. The minimum absolute atomic E-state index is 0.413. The molecule has 4 nitrogen and oxygen atoms in total. The summed E-state index contributed by atoms with van der Waals surface area (Å²) in [5.41, 5.74) is 2.82. The Balaban J connectivity index is 3.43. The SMILES string of the molecule is CC(C)=CCCCCCCCCCCOC(=O)/C=C/C(=O)OCCCCCCCCCCC=C(C)C. The first-order chi connectivity index (χ1) is 17.4. The van der Waals surface area contributed by atoms with E-state index in [9.17, 15) is 9.59 Å². The minimum Gasteiger partial charge on any atom is -0.463 e. The number of ether oxygens (including phenoxy) is 2. The molecule has 0 bridgehead atoms. The summed E-state index contributed by atoms with van der Waals surface area (Å²) in [5.74, 6) is -0.937. The van der Waals surface area contributed by atoms with Gasteiger partial charge in [0.15, 0.2) is 0 Å². The minimum atomic E-state index is -0.468. The van der Waals surface area contributed by atoms with Crippen LogP contribution >= 0.6 is 0 Å². The summed E-state index contributed by atoms with van der Waals surface area (Å²) in [5, 5.41) is 0. The van der Waals surface area contributed by atoms with Crippen LogP contribution in [0.2, 0.25) is 0 Å². The lowest BCUT2D eigenvalue weighted by Gasteiger charge is -2.04. The molecule has 4 heteroatoms. The third kappa shape index (κ3) is 28.4. The summed E-state index contributed by atoms with van der Waals surface area (Å²) in [6, 6.07) is 0. The lowest BCUT2D eigenvalue weighted by atomic mass is 10.1. The molecule has 0 aliphatic heterocycles. The average Bonchev–Trinajstić information content (AvgIpc) is 2.83. The van der Waals surface area contributed by atoms with Crippen LogP contribution in [0.1, 0.15) is 143 Å². The summed E-state index contributed by atoms with van der Waals surface area (Å²) in [4.78, 5) is 23.4. The fourth-order valence-electron chi connectivity index (χ4n) is 3.97. The van der Waals surface area contributed by atoms with Crippen molar-refractivity contribution < 1.29 is 19.1 Å². The summed E-state index contributed by atoms with van der Waals surface area (Å²) in [7, 11) is 0. The lowest BCUT2D eigenvalue weighted by Crippen LogP contribution is -2.06. The average molecular weight is 505 g/mol. The lowest BCUT2D eigenvalue weighted by molar-refractivity contribution is -0.140. The molecule has 0 saturated carbocycles. The number of hydrogen-bond donors (Lipinski definition) is 0. The molecule has 0 aromatic carbocycles. The molecule has 0 heterocycles.